The van der Waals surface area contributed by atoms with Crippen molar-refractivity contribution >= 4 is 5.78 Å². The number of aliphatic hydroxyl groups excluding tert-OH is 1. The second-order valence-corrected chi connectivity index (χ2v) is 3.46. The summed E-state index contributed by atoms with van der Waals surface area (Å²) >= 11 is 0. The van der Waals surface area contributed by atoms with Crippen molar-refractivity contribution in [3.8, 4) is 0 Å². The number of carbonyl (C=O) groups excluding carboxylic acids is 1. The van der Waals surface area contributed by atoms with Gasteiger partial charge in [-0.2, -0.15) is 0 Å². The lowest BCUT2D eigenvalue weighted by atomic mass is 10.0. The van der Waals surface area contributed by atoms with Gasteiger partial charge in [0.05, 0.1) is 0 Å². The average molecular weight is 204 g/mol. The minimum absolute atomic E-state index is 0.122. The third-order valence-electron chi connectivity index (χ3n) is 2.25. The van der Waals surface area contributed by atoms with Crippen LogP contribution in [0.15, 0.2) is 43.0 Å². The summed E-state index contributed by atoms with van der Waals surface area (Å²) in [6, 6.07) is 9.01. The highest BCUT2D eigenvalue weighted by Gasteiger charge is 2.15. The van der Waals surface area contributed by atoms with Gasteiger partial charge in [0.25, 0.3) is 0 Å². The van der Waals surface area contributed by atoms with Crippen LogP contribution in [0.5, 0.6) is 0 Å². The maximum absolute atomic E-state index is 11.5. The van der Waals surface area contributed by atoms with Crippen LogP contribution < -0.4 is 0 Å². The number of allylic oxidation sites excluding steroid dienone is 1. The molecule has 0 aromatic heterocycles. The molecule has 0 bridgehead atoms. The molecule has 0 aliphatic heterocycles. The molecule has 1 unspecified atom stereocenters. The van der Waals surface area contributed by atoms with Crippen LogP contribution >= 0.6 is 0 Å². The molecule has 0 aliphatic carbocycles. The minimum Gasteiger partial charge on any atom is -0.381 e. The Morgan fingerprint density at radius 2 is 2.07 bits per heavy atom. The molecule has 2 nitrogen and oxygen atoms in total. The molecule has 0 saturated carbocycles. The Morgan fingerprint density at radius 3 is 2.67 bits per heavy atom. The van der Waals surface area contributed by atoms with Gasteiger partial charge in [-0.3, -0.25) is 4.79 Å². The number of aliphatic hydroxyl groups is 1. The highest BCUT2D eigenvalue weighted by molar-refractivity contribution is 5.84. The second kappa shape index (κ2) is 6.14. The van der Waals surface area contributed by atoms with Crippen LogP contribution in [0.4, 0.5) is 0 Å². The number of hydrogen-bond donors (Lipinski definition) is 1. The van der Waals surface area contributed by atoms with Crippen LogP contribution in [0.3, 0.4) is 0 Å². The molecule has 0 amide bonds. The maximum atomic E-state index is 11.5. The fourth-order valence-electron chi connectivity index (χ4n) is 1.38. The summed E-state index contributed by atoms with van der Waals surface area (Å²) in [4.78, 5) is 11.5. The normalized spacial score (nSPS) is 12.1. The first kappa shape index (κ1) is 11.7. The van der Waals surface area contributed by atoms with E-state index in [4.69, 9.17) is 0 Å². The Labute approximate surface area is 90.3 Å². The van der Waals surface area contributed by atoms with Gasteiger partial charge in [0.2, 0.25) is 0 Å². The Balaban J connectivity index is 2.50. The predicted molar refractivity (Wildman–Crippen MR) is 60.5 cm³/mol. The van der Waals surface area contributed by atoms with E-state index in [-0.39, 0.29) is 5.78 Å². The van der Waals surface area contributed by atoms with Crippen molar-refractivity contribution in [2.45, 2.75) is 25.4 Å². The van der Waals surface area contributed by atoms with Crippen molar-refractivity contribution in [3.63, 3.8) is 0 Å². The SMILES string of the molecule is C=CCCCC(=O)C(O)c1ccccc1. The molecule has 1 N–H and O–H groups in total. The molecular weight excluding hydrogens is 188 g/mol. The Kier molecular flexibility index (Phi) is 4.78. The standard InChI is InChI=1S/C13H16O2/c1-2-3-5-10-12(14)13(15)11-8-6-4-7-9-11/h2,4,6-9,13,15H,1,3,5,10H2. The summed E-state index contributed by atoms with van der Waals surface area (Å²) in [5.74, 6) is -0.122. The van der Waals surface area contributed by atoms with Crippen molar-refractivity contribution in [2.75, 3.05) is 0 Å². The van der Waals surface area contributed by atoms with Gasteiger partial charge < -0.3 is 5.11 Å². The van der Waals surface area contributed by atoms with Gasteiger partial charge in [-0.15, -0.1) is 6.58 Å². The summed E-state index contributed by atoms with van der Waals surface area (Å²) in [6.45, 7) is 3.59. The number of rotatable bonds is 6. The summed E-state index contributed by atoms with van der Waals surface area (Å²) in [6.07, 6.45) is 2.78. The van der Waals surface area contributed by atoms with Gasteiger partial charge in [0, 0.05) is 6.42 Å². The van der Waals surface area contributed by atoms with Gasteiger partial charge in [-0.1, -0.05) is 36.4 Å². The molecule has 0 spiro atoms. The van der Waals surface area contributed by atoms with Gasteiger partial charge in [-0.25, -0.2) is 0 Å². The smallest absolute Gasteiger partial charge is 0.165 e. The van der Waals surface area contributed by atoms with Crippen molar-refractivity contribution < 1.29 is 9.90 Å². The predicted octanol–water partition coefficient (Wildman–Crippen LogP) is 2.65. The van der Waals surface area contributed by atoms with Gasteiger partial charge in [0.15, 0.2) is 5.78 Å². The first-order chi connectivity index (χ1) is 7.25. The number of carbonyl (C=O) groups is 1. The highest BCUT2D eigenvalue weighted by atomic mass is 16.3. The molecule has 80 valence electrons. The Bertz CT molecular complexity index is 317. The third-order valence-corrected chi connectivity index (χ3v) is 2.25. The lowest BCUT2D eigenvalue weighted by molar-refractivity contribution is -0.127. The van der Waals surface area contributed by atoms with Crippen LogP contribution in [0, 0.1) is 0 Å². The Hall–Kier alpha value is -1.41. The first-order valence-corrected chi connectivity index (χ1v) is 5.12. The fraction of sp³-hybridized carbons (Fsp3) is 0.308. The lowest BCUT2D eigenvalue weighted by Gasteiger charge is -2.08. The van der Waals surface area contributed by atoms with E-state index in [1.165, 1.54) is 0 Å². The number of hydrogen-bond acceptors (Lipinski definition) is 2. The van der Waals surface area contributed by atoms with Gasteiger partial charge >= 0.3 is 0 Å². The molecule has 0 fully saturated rings. The average Bonchev–Trinajstić information content (AvgIpc) is 2.29. The molecule has 1 aromatic carbocycles. The van der Waals surface area contributed by atoms with Gasteiger partial charge in [-0.05, 0) is 18.4 Å². The molecule has 1 aromatic rings. The van der Waals surface area contributed by atoms with E-state index in [0.29, 0.717) is 12.0 Å². The van der Waals surface area contributed by atoms with E-state index in [1.54, 1.807) is 18.2 Å². The highest BCUT2D eigenvalue weighted by Crippen LogP contribution is 2.15. The maximum Gasteiger partial charge on any atom is 0.165 e. The van der Waals surface area contributed by atoms with Crippen LogP contribution in [0.1, 0.15) is 30.9 Å². The van der Waals surface area contributed by atoms with Crippen LogP contribution in [-0.2, 0) is 4.79 Å². The molecule has 1 rings (SSSR count). The van der Waals surface area contributed by atoms with Crippen LogP contribution in [0.2, 0.25) is 0 Å². The zero-order valence-corrected chi connectivity index (χ0v) is 8.73. The number of benzene rings is 1. The summed E-state index contributed by atoms with van der Waals surface area (Å²) in [5.41, 5.74) is 0.668. The topological polar surface area (TPSA) is 37.3 Å². The van der Waals surface area contributed by atoms with E-state index >= 15 is 0 Å². The van der Waals surface area contributed by atoms with E-state index in [2.05, 4.69) is 6.58 Å². The van der Waals surface area contributed by atoms with Crippen LogP contribution in [0.25, 0.3) is 0 Å². The Morgan fingerprint density at radius 1 is 1.40 bits per heavy atom. The third kappa shape index (κ3) is 3.68. The van der Waals surface area contributed by atoms with Crippen molar-refractivity contribution in [2.24, 2.45) is 0 Å². The number of unbranched alkanes of at least 4 members (excludes halogenated alkanes) is 1. The largest absolute Gasteiger partial charge is 0.381 e. The molecule has 0 aliphatic rings. The molecule has 2 heteroatoms. The quantitative estimate of drug-likeness (QED) is 0.571. The molecule has 0 heterocycles. The minimum atomic E-state index is -0.976. The second-order valence-electron chi connectivity index (χ2n) is 3.46. The monoisotopic (exact) mass is 204 g/mol. The number of ketones is 1. The van der Waals surface area contributed by atoms with Crippen molar-refractivity contribution in [1.82, 2.24) is 0 Å². The van der Waals surface area contributed by atoms with E-state index in [1.807, 2.05) is 18.2 Å². The van der Waals surface area contributed by atoms with Crippen molar-refractivity contribution in [3.05, 3.63) is 48.6 Å². The molecule has 1 atom stereocenters. The van der Waals surface area contributed by atoms with Crippen molar-refractivity contribution in [1.29, 1.82) is 0 Å². The molecule has 0 radical (unpaired) electrons. The van der Waals surface area contributed by atoms with E-state index < -0.39 is 6.10 Å². The van der Waals surface area contributed by atoms with Crippen LogP contribution in [-0.4, -0.2) is 10.9 Å². The molecule has 15 heavy (non-hydrogen) atoms. The number of Topliss-reactive ketones (excluding diaryl/α,β-unsaturated/α-hetero) is 1. The first-order valence-electron chi connectivity index (χ1n) is 5.12. The summed E-state index contributed by atoms with van der Waals surface area (Å²) in [7, 11) is 0. The van der Waals surface area contributed by atoms with E-state index in [0.717, 1.165) is 12.8 Å². The molecule has 0 saturated heterocycles. The van der Waals surface area contributed by atoms with E-state index in [9.17, 15) is 9.90 Å². The molecular formula is C13H16O2. The lowest BCUT2D eigenvalue weighted by Crippen LogP contribution is -2.11. The zero-order valence-electron chi connectivity index (χ0n) is 8.73. The van der Waals surface area contributed by atoms with Gasteiger partial charge in [0.1, 0.15) is 6.10 Å². The summed E-state index contributed by atoms with van der Waals surface area (Å²) < 4.78 is 0. The fourth-order valence-corrected chi connectivity index (χ4v) is 1.38. The zero-order chi connectivity index (χ0) is 11.1. The summed E-state index contributed by atoms with van der Waals surface area (Å²) in [5, 5.41) is 9.71.